The van der Waals surface area contributed by atoms with E-state index in [-0.39, 0.29) is 6.04 Å². The number of hydrogen-bond donors (Lipinski definition) is 0. The Bertz CT molecular complexity index is 171. The highest BCUT2D eigenvalue weighted by atomic mass is 15.2. The van der Waals surface area contributed by atoms with E-state index in [4.69, 9.17) is 5.26 Å². The van der Waals surface area contributed by atoms with Gasteiger partial charge in [-0.3, -0.25) is 4.90 Å². The molecule has 0 aliphatic carbocycles. The molecular weight excluding hydrogens is 124 g/mol. The third-order valence-electron chi connectivity index (χ3n) is 2.75. The Balaban J connectivity index is 2.10. The van der Waals surface area contributed by atoms with Crippen molar-refractivity contribution in [2.45, 2.75) is 37.8 Å². The van der Waals surface area contributed by atoms with Gasteiger partial charge in [0.25, 0.3) is 0 Å². The van der Waals surface area contributed by atoms with Crippen LogP contribution in [0.1, 0.15) is 25.7 Å². The molecule has 0 radical (unpaired) electrons. The van der Waals surface area contributed by atoms with Crippen LogP contribution < -0.4 is 0 Å². The maximum absolute atomic E-state index is 8.72. The molecule has 0 aromatic carbocycles. The van der Waals surface area contributed by atoms with E-state index in [9.17, 15) is 0 Å². The summed E-state index contributed by atoms with van der Waals surface area (Å²) in [6, 6.07) is 3.39. The van der Waals surface area contributed by atoms with Gasteiger partial charge in [0.2, 0.25) is 0 Å². The first-order valence-corrected chi connectivity index (χ1v) is 4.07. The Labute approximate surface area is 61.4 Å². The monoisotopic (exact) mass is 136 g/mol. The van der Waals surface area contributed by atoms with Crippen LogP contribution in [-0.2, 0) is 0 Å². The Morgan fingerprint density at radius 3 is 3.00 bits per heavy atom. The summed E-state index contributed by atoms with van der Waals surface area (Å²) in [5.74, 6) is 0. The quantitative estimate of drug-likeness (QED) is 0.499. The molecule has 2 heterocycles. The van der Waals surface area contributed by atoms with E-state index in [1.165, 1.54) is 25.8 Å². The molecule has 0 bridgehead atoms. The molecule has 2 nitrogen and oxygen atoms in total. The molecule has 0 spiro atoms. The molecule has 2 aliphatic rings. The van der Waals surface area contributed by atoms with Gasteiger partial charge in [0.15, 0.2) is 0 Å². The minimum atomic E-state index is 0.257. The lowest BCUT2D eigenvalue weighted by Crippen LogP contribution is -2.29. The molecule has 2 aliphatic heterocycles. The fraction of sp³-hybridized carbons (Fsp3) is 0.875. The number of nitriles is 1. The van der Waals surface area contributed by atoms with Crippen LogP contribution in [0.4, 0.5) is 0 Å². The largest absolute Gasteiger partial charge is 0.285 e. The molecule has 2 heteroatoms. The van der Waals surface area contributed by atoms with Crippen molar-refractivity contribution >= 4 is 0 Å². The van der Waals surface area contributed by atoms with Crippen LogP contribution in [0.2, 0.25) is 0 Å². The third-order valence-corrected chi connectivity index (χ3v) is 2.75. The first-order valence-electron chi connectivity index (χ1n) is 4.07. The Kier molecular flexibility index (Phi) is 1.39. The maximum atomic E-state index is 8.72. The number of hydrogen-bond acceptors (Lipinski definition) is 2. The number of fused-ring (bicyclic) bond motifs is 1. The Morgan fingerprint density at radius 2 is 2.20 bits per heavy atom. The third kappa shape index (κ3) is 0.741. The molecule has 2 fully saturated rings. The summed E-state index contributed by atoms with van der Waals surface area (Å²) in [6.45, 7) is 1.17. The van der Waals surface area contributed by atoms with Gasteiger partial charge < -0.3 is 0 Å². The molecule has 0 aromatic rings. The molecule has 0 aromatic heterocycles. The first-order chi connectivity index (χ1) is 4.92. The predicted octanol–water partition coefficient (Wildman–Crippen LogP) is 1.14. The second-order valence-electron chi connectivity index (χ2n) is 3.26. The molecule has 10 heavy (non-hydrogen) atoms. The number of nitrogens with zero attached hydrogens (tertiary/aromatic N) is 2. The fourth-order valence-electron chi connectivity index (χ4n) is 2.23. The van der Waals surface area contributed by atoms with Crippen LogP contribution in [0.15, 0.2) is 0 Å². The van der Waals surface area contributed by atoms with Gasteiger partial charge in [0.05, 0.1) is 12.1 Å². The van der Waals surface area contributed by atoms with E-state index in [2.05, 4.69) is 11.0 Å². The van der Waals surface area contributed by atoms with Crippen LogP contribution in [-0.4, -0.2) is 23.5 Å². The second kappa shape index (κ2) is 2.25. The standard InChI is InChI=1S/C8H12N2/c9-6-8-4-3-7-2-1-5-10(7)8/h7-8H,1-5H2/t7-,8-/m0/s1. The lowest BCUT2D eigenvalue weighted by molar-refractivity contribution is 0.284. The molecule has 0 saturated carbocycles. The minimum absolute atomic E-state index is 0.257. The highest BCUT2D eigenvalue weighted by Gasteiger charge is 2.36. The molecule has 0 amide bonds. The average molecular weight is 136 g/mol. The summed E-state index contributed by atoms with van der Waals surface area (Å²) in [7, 11) is 0. The van der Waals surface area contributed by atoms with E-state index in [1.54, 1.807) is 0 Å². The van der Waals surface area contributed by atoms with Crippen molar-refractivity contribution in [3.8, 4) is 6.07 Å². The highest BCUT2D eigenvalue weighted by molar-refractivity contribution is 5.02. The lowest BCUT2D eigenvalue weighted by atomic mass is 10.1. The van der Waals surface area contributed by atoms with Crippen molar-refractivity contribution in [2.24, 2.45) is 0 Å². The summed E-state index contributed by atoms with van der Waals surface area (Å²) >= 11 is 0. The van der Waals surface area contributed by atoms with Crippen LogP contribution in [0, 0.1) is 11.3 Å². The normalized spacial score (nSPS) is 39.5. The summed E-state index contributed by atoms with van der Waals surface area (Å²) in [6.07, 6.45) is 5.01. The van der Waals surface area contributed by atoms with Gasteiger partial charge in [-0.05, 0) is 32.2 Å². The van der Waals surface area contributed by atoms with Gasteiger partial charge in [-0.15, -0.1) is 0 Å². The van der Waals surface area contributed by atoms with Gasteiger partial charge in [-0.25, -0.2) is 0 Å². The molecular formula is C8H12N2. The minimum Gasteiger partial charge on any atom is -0.285 e. The van der Waals surface area contributed by atoms with Crippen molar-refractivity contribution in [1.82, 2.24) is 4.90 Å². The van der Waals surface area contributed by atoms with Crippen molar-refractivity contribution in [1.29, 1.82) is 5.26 Å². The molecule has 2 atom stereocenters. The highest BCUT2D eigenvalue weighted by Crippen LogP contribution is 2.31. The Hall–Kier alpha value is -0.550. The topological polar surface area (TPSA) is 27.0 Å². The van der Waals surface area contributed by atoms with Gasteiger partial charge in [-0.2, -0.15) is 5.26 Å². The van der Waals surface area contributed by atoms with E-state index in [0.717, 1.165) is 12.5 Å². The van der Waals surface area contributed by atoms with Gasteiger partial charge in [0, 0.05) is 6.04 Å². The number of rotatable bonds is 0. The van der Waals surface area contributed by atoms with E-state index >= 15 is 0 Å². The van der Waals surface area contributed by atoms with Crippen molar-refractivity contribution in [3.63, 3.8) is 0 Å². The van der Waals surface area contributed by atoms with Crippen molar-refractivity contribution in [3.05, 3.63) is 0 Å². The molecule has 0 unspecified atom stereocenters. The molecule has 54 valence electrons. The van der Waals surface area contributed by atoms with Crippen molar-refractivity contribution in [2.75, 3.05) is 6.54 Å². The van der Waals surface area contributed by atoms with Gasteiger partial charge in [-0.1, -0.05) is 0 Å². The van der Waals surface area contributed by atoms with E-state index in [0.29, 0.717) is 0 Å². The van der Waals surface area contributed by atoms with E-state index in [1.807, 2.05) is 0 Å². The molecule has 2 saturated heterocycles. The zero-order valence-corrected chi connectivity index (χ0v) is 6.08. The summed E-state index contributed by atoms with van der Waals surface area (Å²) in [4.78, 5) is 2.38. The van der Waals surface area contributed by atoms with Crippen LogP contribution in [0.5, 0.6) is 0 Å². The smallest absolute Gasteiger partial charge is 0.0980 e. The summed E-state index contributed by atoms with van der Waals surface area (Å²) < 4.78 is 0. The van der Waals surface area contributed by atoms with Crippen LogP contribution in [0.3, 0.4) is 0 Å². The van der Waals surface area contributed by atoms with E-state index < -0.39 is 0 Å². The van der Waals surface area contributed by atoms with Crippen LogP contribution >= 0.6 is 0 Å². The second-order valence-corrected chi connectivity index (χ2v) is 3.26. The van der Waals surface area contributed by atoms with Crippen LogP contribution in [0.25, 0.3) is 0 Å². The Morgan fingerprint density at radius 1 is 1.30 bits per heavy atom. The zero-order valence-electron chi connectivity index (χ0n) is 6.08. The summed E-state index contributed by atoms with van der Waals surface area (Å²) in [5.41, 5.74) is 0. The first kappa shape index (κ1) is 6.18. The zero-order chi connectivity index (χ0) is 6.97. The fourth-order valence-corrected chi connectivity index (χ4v) is 2.23. The van der Waals surface area contributed by atoms with Gasteiger partial charge >= 0.3 is 0 Å². The lowest BCUT2D eigenvalue weighted by Gasteiger charge is -2.16. The van der Waals surface area contributed by atoms with Crippen molar-refractivity contribution < 1.29 is 0 Å². The van der Waals surface area contributed by atoms with Gasteiger partial charge in [0.1, 0.15) is 0 Å². The maximum Gasteiger partial charge on any atom is 0.0980 e. The molecule has 2 rings (SSSR count). The SMILES string of the molecule is N#C[C@@H]1CC[C@@H]2CCCN21. The molecule has 0 N–H and O–H groups in total. The summed E-state index contributed by atoms with van der Waals surface area (Å²) in [5, 5.41) is 8.72. The predicted molar refractivity (Wildman–Crippen MR) is 38.4 cm³/mol. The average Bonchev–Trinajstić information content (AvgIpc) is 2.44.